The summed E-state index contributed by atoms with van der Waals surface area (Å²) >= 11 is 5.12. The Bertz CT molecular complexity index is 513. The summed E-state index contributed by atoms with van der Waals surface area (Å²) in [6.45, 7) is 1.32. The second kappa shape index (κ2) is 4.75. The van der Waals surface area contributed by atoms with E-state index in [4.69, 9.17) is 6.42 Å². The Morgan fingerprint density at radius 1 is 1.53 bits per heavy atom. The largest absolute Gasteiger partial charge is 0.300 e. The monoisotopic (exact) mass is 280 g/mol. The van der Waals surface area contributed by atoms with Crippen LogP contribution >= 0.6 is 27.3 Å². The molecule has 2 rings (SSSR count). The Labute approximate surface area is 101 Å². The van der Waals surface area contributed by atoms with Gasteiger partial charge in [-0.15, -0.1) is 17.8 Å². The molecule has 0 aliphatic heterocycles. The van der Waals surface area contributed by atoms with Crippen LogP contribution in [0.25, 0.3) is 10.2 Å². The first-order valence-electron chi connectivity index (χ1n) is 4.49. The second-order valence-corrected chi connectivity index (χ2v) is 5.06. The molecule has 2 aromatic rings. The van der Waals surface area contributed by atoms with Gasteiger partial charge in [0.25, 0.3) is 0 Å². The zero-order chi connectivity index (χ0) is 10.7. The van der Waals surface area contributed by atoms with Gasteiger partial charge in [-0.2, -0.15) is 0 Å². The molecule has 1 aromatic carbocycles. The lowest BCUT2D eigenvalue weighted by atomic mass is 10.3. The highest BCUT2D eigenvalue weighted by Crippen LogP contribution is 2.24. The van der Waals surface area contributed by atoms with Gasteiger partial charge in [-0.1, -0.05) is 21.9 Å². The van der Waals surface area contributed by atoms with E-state index in [0.29, 0.717) is 6.54 Å². The van der Waals surface area contributed by atoms with E-state index in [-0.39, 0.29) is 0 Å². The number of hydrogen-bond acceptors (Lipinski definition) is 3. The maximum absolute atomic E-state index is 5.15. The molecule has 0 fully saturated rings. The molecule has 1 N–H and O–H groups in total. The first-order valence-corrected chi connectivity index (χ1v) is 6.09. The summed E-state index contributed by atoms with van der Waals surface area (Å²) in [5.74, 6) is 2.54. The lowest BCUT2D eigenvalue weighted by molar-refractivity contribution is 0.766. The van der Waals surface area contributed by atoms with Gasteiger partial charge in [0, 0.05) is 11.0 Å². The van der Waals surface area contributed by atoms with E-state index in [1.54, 1.807) is 11.3 Å². The summed E-state index contributed by atoms with van der Waals surface area (Å²) in [6.07, 6.45) is 5.15. The number of fused-ring (bicyclic) bond motifs is 1. The number of thiazole rings is 1. The van der Waals surface area contributed by atoms with Crippen LogP contribution in [0.3, 0.4) is 0 Å². The van der Waals surface area contributed by atoms with Crippen LogP contribution in [0.5, 0.6) is 0 Å². The number of rotatable bonds is 3. The number of aromatic nitrogens is 1. The minimum atomic E-state index is 0.583. The molecule has 0 spiro atoms. The molecule has 76 valence electrons. The van der Waals surface area contributed by atoms with Crippen LogP contribution in [0.4, 0.5) is 0 Å². The number of terminal acetylenes is 1. The first kappa shape index (κ1) is 10.6. The Kier molecular flexibility index (Phi) is 3.37. The van der Waals surface area contributed by atoms with Crippen LogP contribution in [0.15, 0.2) is 22.7 Å². The van der Waals surface area contributed by atoms with Crippen molar-refractivity contribution in [3.8, 4) is 12.3 Å². The topological polar surface area (TPSA) is 24.9 Å². The molecular weight excluding hydrogens is 272 g/mol. The van der Waals surface area contributed by atoms with E-state index in [2.05, 4.69) is 38.2 Å². The predicted octanol–water partition coefficient (Wildman–Crippen LogP) is 2.78. The third-order valence-corrected chi connectivity index (χ3v) is 3.43. The molecular formula is C11H9BrN2S. The molecule has 2 nitrogen and oxygen atoms in total. The van der Waals surface area contributed by atoms with Crippen molar-refractivity contribution in [3.05, 3.63) is 27.7 Å². The van der Waals surface area contributed by atoms with Crippen molar-refractivity contribution >= 4 is 37.5 Å². The summed E-state index contributed by atoms with van der Waals surface area (Å²) < 4.78 is 2.26. The van der Waals surface area contributed by atoms with Gasteiger partial charge in [0.1, 0.15) is 5.01 Å². The highest BCUT2D eigenvalue weighted by molar-refractivity contribution is 9.10. The molecule has 1 aromatic heterocycles. The van der Waals surface area contributed by atoms with Crippen LogP contribution in [0, 0.1) is 12.3 Å². The molecule has 0 saturated carbocycles. The average molecular weight is 281 g/mol. The molecule has 4 heteroatoms. The van der Waals surface area contributed by atoms with Crippen molar-refractivity contribution in [2.24, 2.45) is 0 Å². The Hall–Kier alpha value is -0.890. The molecule has 0 unspecified atom stereocenters. The first-order chi connectivity index (χ1) is 7.29. The maximum atomic E-state index is 5.15. The SMILES string of the molecule is C#CCNCc1nc2cc(Br)ccc2s1. The molecule has 0 atom stereocenters. The molecule has 0 amide bonds. The zero-order valence-corrected chi connectivity index (χ0v) is 10.4. The number of nitrogens with zero attached hydrogens (tertiary/aromatic N) is 1. The highest BCUT2D eigenvalue weighted by Gasteiger charge is 2.03. The van der Waals surface area contributed by atoms with Gasteiger partial charge in [-0.3, -0.25) is 5.32 Å². The molecule has 15 heavy (non-hydrogen) atoms. The summed E-state index contributed by atoms with van der Waals surface area (Å²) in [5, 5.41) is 4.19. The molecule has 0 saturated heterocycles. The third kappa shape index (κ3) is 2.57. The number of halogens is 1. The third-order valence-electron chi connectivity index (χ3n) is 1.90. The van der Waals surface area contributed by atoms with Gasteiger partial charge < -0.3 is 0 Å². The van der Waals surface area contributed by atoms with Crippen molar-refractivity contribution in [1.29, 1.82) is 0 Å². The Morgan fingerprint density at radius 2 is 2.40 bits per heavy atom. The molecule has 0 bridgehead atoms. The van der Waals surface area contributed by atoms with E-state index in [9.17, 15) is 0 Å². The fourth-order valence-corrected chi connectivity index (χ4v) is 2.53. The van der Waals surface area contributed by atoms with Crippen molar-refractivity contribution < 1.29 is 0 Å². The van der Waals surface area contributed by atoms with Gasteiger partial charge >= 0.3 is 0 Å². The zero-order valence-electron chi connectivity index (χ0n) is 7.96. The summed E-state index contributed by atoms with van der Waals surface area (Å²) in [7, 11) is 0. The number of nitrogens with one attached hydrogen (secondary N) is 1. The maximum Gasteiger partial charge on any atom is 0.108 e. The molecule has 0 aliphatic rings. The van der Waals surface area contributed by atoms with Crippen LogP contribution in [-0.4, -0.2) is 11.5 Å². The van der Waals surface area contributed by atoms with E-state index < -0.39 is 0 Å². The summed E-state index contributed by atoms with van der Waals surface area (Å²) in [4.78, 5) is 4.50. The van der Waals surface area contributed by atoms with Crippen molar-refractivity contribution in [2.45, 2.75) is 6.54 Å². The lowest BCUT2D eigenvalue weighted by Crippen LogP contribution is -2.12. The fraction of sp³-hybridized carbons (Fsp3) is 0.182. The van der Waals surface area contributed by atoms with Gasteiger partial charge in [0.2, 0.25) is 0 Å². The molecule has 1 heterocycles. The second-order valence-electron chi connectivity index (χ2n) is 3.03. The molecule has 0 aliphatic carbocycles. The van der Waals surface area contributed by atoms with Gasteiger partial charge in [-0.05, 0) is 18.2 Å². The van der Waals surface area contributed by atoms with E-state index >= 15 is 0 Å². The lowest BCUT2D eigenvalue weighted by Gasteiger charge is -1.93. The number of benzene rings is 1. The minimum Gasteiger partial charge on any atom is -0.300 e. The normalized spacial score (nSPS) is 10.4. The standard InChI is InChI=1S/C11H9BrN2S/c1-2-5-13-7-11-14-9-6-8(12)3-4-10(9)15-11/h1,3-4,6,13H,5,7H2. The van der Waals surface area contributed by atoms with Crippen LogP contribution in [-0.2, 0) is 6.54 Å². The van der Waals surface area contributed by atoms with E-state index in [0.717, 1.165) is 21.5 Å². The van der Waals surface area contributed by atoms with Gasteiger partial charge in [-0.25, -0.2) is 4.98 Å². The Balaban J connectivity index is 2.20. The van der Waals surface area contributed by atoms with Crippen molar-refractivity contribution in [2.75, 3.05) is 6.54 Å². The fourth-order valence-electron chi connectivity index (χ4n) is 1.27. The Morgan fingerprint density at radius 3 is 3.20 bits per heavy atom. The average Bonchev–Trinajstić information content (AvgIpc) is 2.60. The van der Waals surface area contributed by atoms with Crippen LogP contribution < -0.4 is 5.32 Å². The number of hydrogen-bond donors (Lipinski definition) is 1. The van der Waals surface area contributed by atoms with Gasteiger partial charge in [0.05, 0.1) is 16.8 Å². The van der Waals surface area contributed by atoms with Gasteiger partial charge in [0.15, 0.2) is 0 Å². The minimum absolute atomic E-state index is 0.583. The van der Waals surface area contributed by atoms with Crippen LogP contribution in [0.1, 0.15) is 5.01 Å². The van der Waals surface area contributed by atoms with E-state index in [1.807, 2.05) is 12.1 Å². The summed E-state index contributed by atoms with van der Waals surface area (Å²) in [5.41, 5.74) is 1.03. The quantitative estimate of drug-likeness (QED) is 0.691. The smallest absolute Gasteiger partial charge is 0.108 e. The summed E-state index contributed by atoms with van der Waals surface area (Å²) in [6, 6.07) is 6.12. The van der Waals surface area contributed by atoms with Crippen molar-refractivity contribution in [1.82, 2.24) is 10.3 Å². The highest BCUT2D eigenvalue weighted by atomic mass is 79.9. The predicted molar refractivity (Wildman–Crippen MR) is 67.9 cm³/mol. The molecule has 0 radical (unpaired) electrons. The van der Waals surface area contributed by atoms with Crippen LogP contribution in [0.2, 0.25) is 0 Å². The van der Waals surface area contributed by atoms with E-state index in [1.165, 1.54) is 4.70 Å². The van der Waals surface area contributed by atoms with Crippen molar-refractivity contribution in [3.63, 3.8) is 0 Å².